The first-order valence-electron chi connectivity index (χ1n) is 7.35. The van der Waals surface area contributed by atoms with Gasteiger partial charge in [-0.3, -0.25) is 9.59 Å². The van der Waals surface area contributed by atoms with Gasteiger partial charge in [0.05, 0.1) is 12.3 Å². The fourth-order valence-electron chi connectivity index (χ4n) is 2.12. The Labute approximate surface area is 145 Å². The number of rotatable bonds is 4. The van der Waals surface area contributed by atoms with Crippen LogP contribution in [0.1, 0.15) is 44.5 Å². The monoisotopic (exact) mass is 297 g/mol. The molecule has 0 radical (unpaired) electrons. The van der Waals surface area contributed by atoms with Gasteiger partial charge in [0.2, 0.25) is 0 Å². The van der Waals surface area contributed by atoms with Gasteiger partial charge in [0.1, 0.15) is 6.61 Å². The summed E-state index contributed by atoms with van der Waals surface area (Å²) in [7, 11) is 0. The quantitative estimate of drug-likeness (QED) is 0.465. The first kappa shape index (κ1) is 20.9. The molecule has 1 aromatic rings. The molecule has 5 heteroatoms. The summed E-state index contributed by atoms with van der Waals surface area (Å²) in [6, 6.07) is 9.99. The molecule has 2 rings (SSSR count). The van der Waals surface area contributed by atoms with Crippen LogP contribution in [0, 0.1) is 5.92 Å². The van der Waals surface area contributed by atoms with Crippen LogP contribution in [0.25, 0.3) is 5.32 Å². The minimum absolute atomic E-state index is 0. The topological polar surface area (TPSA) is 57.5 Å². The van der Waals surface area contributed by atoms with Crippen molar-refractivity contribution in [3.05, 3.63) is 41.2 Å². The van der Waals surface area contributed by atoms with Gasteiger partial charge in [-0.05, 0) is 0 Å². The maximum Gasteiger partial charge on any atom is 1.00 e. The first-order chi connectivity index (χ1) is 9.90. The third-order valence-electron chi connectivity index (χ3n) is 2.88. The second-order valence-corrected chi connectivity index (χ2v) is 5.65. The van der Waals surface area contributed by atoms with Crippen LogP contribution < -0.4 is 18.9 Å². The summed E-state index contributed by atoms with van der Waals surface area (Å²) >= 11 is 0. The summed E-state index contributed by atoms with van der Waals surface area (Å²) < 4.78 is 4.75. The summed E-state index contributed by atoms with van der Waals surface area (Å²) in [4.78, 5) is 22.6. The second-order valence-electron chi connectivity index (χ2n) is 5.65. The summed E-state index contributed by atoms with van der Waals surface area (Å²) in [6.07, 6.45) is 0.216. The largest absolute Gasteiger partial charge is 1.00 e. The smallest absolute Gasteiger partial charge is 0.658 e. The van der Waals surface area contributed by atoms with Gasteiger partial charge in [-0.1, -0.05) is 58.0 Å². The van der Waals surface area contributed by atoms with E-state index < -0.39 is 0 Å². The number of esters is 1. The molecule has 0 N–H and O–H groups in total. The van der Waals surface area contributed by atoms with Crippen LogP contribution in [0.3, 0.4) is 0 Å². The molecule has 0 saturated carbocycles. The Balaban J connectivity index is 0.000000478. The van der Waals surface area contributed by atoms with Crippen molar-refractivity contribution >= 4 is 11.8 Å². The molecule has 0 aliphatic carbocycles. The Morgan fingerprint density at radius 2 is 1.68 bits per heavy atom. The van der Waals surface area contributed by atoms with Crippen LogP contribution in [-0.4, -0.2) is 30.4 Å². The number of cyclic esters (lactones) is 1. The molecule has 0 aromatic heterocycles. The molecule has 4 nitrogen and oxygen atoms in total. The van der Waals surface area contributed by atoms with Crippen LogP contribution in [0.15, 0.2) is 30.3 Å². The van der Waals surface area contributed by atoms with E-state index in [2.05, 4.69) is 33.0 Å². The van der Waals surface area contributed by atoms with Crippen molar-refractivity contribution in [2.75, 3.05) is 6.61 Å². The van der Waals surface area contributed by atoms with Gasteiger partial charge in [-0.2, -0.15) is 0 Å². The van der Waals surface area contributed by atoms with E-state index in [1.807, 2.05) is 18.2 Å². The number of benzene rings is 1. The van der Waals surface area contributed by atoms with Gasteiger partial charge in [-0.25, -0.2) is 0 Å². The van der Waals surface area contributed by atoms with Gasteiger partial charge in [0, 0.05) is 5.56 Å². The van der Waals surface area contributed by atoms with E-state index in [1.54, 1.807) is 12.1 Å². The van der Waals surface area contributed by atoms with Crippen molar-refractivity contribution in [2.45, 2.75) is 46.2 Å². The molecular weight excluding hydrogens is 273 g/mol. The second kappa shape index (κ2) is 10.6. The first-order valence-corrected chi connectivity index (χ1v) is 7.35. The summed E-state index contributed by atoms with van der Waals surface area (Å²) in [6.45, 7) is 8.62. The van der Waals surface area contributed by atoms with Crippen LogP contribution in [-0.2, 0) is 9.53 Å². The number of ketones is 1. The Morgan fingerprint density at radius 3 is 2.05 bits per heavy atom. The zero-order chi connectivity index (χ0) is 15.8. The Bertz CT molecular complexity index is 454. The summed E-state index contributed by atoms with van der Waals surface area (Å²) in [5, 5.41) is 4.28. The molecule has 22 heavy (non-hydrogen) atoms. The molecule has 0 bridgehead atoms. The van der Waals surface area contributed by atoms with Gasteiger partial charge in [0.15, 0.2) is 5.78 Å². The van der Waals surface area contributed by atoms with E-state index in [9.17, 15) is 9.59 Å². The predicted molar refractivity (Wildman–Crippen MR) is 83.5 cm³/mol. The van der Waals surface area contributed by atoms with Gasteiger partial charge < -0.3 is 10.1 Å². The van der Waals surface area contributed by atoms with E-state index in [-0.39, 0.29) is 49.6 Å². The van der Waals surface area contributed by atoms with Gasteiger partial charge in [-0.15, -0.1) is 12.1 Å². The van der Waals surface area contributed by atoms with E-state index in [0.717, 1.165) is 0 Å². The number of Topliss-reactive ketones (excluding diaryl/α,β-unsaturated/α-hetero) is 1. The number of ether oxygens (including phenoxy) is 1. The molecule has 1 fully saturated rings. The van der Waals surface area contributed by atoms with Gasteiger partial charge in [0.25, 0.3) is 0 Å². The van der Waals surface area contributed by atoms with Crippen molar-refractivity contribution in [1.29, 1.82) is 0 Å². The van der Waals surface area contributed by atoms with E-state index in [1.165, 1.54) is 0 Å². The average Bonchev–Trinajstić information content (AvgIpc) is 2.85. The van der Waals surface area contributed by atoms with Crippen molar-refractivity contribution < 1.29 is 33.2 Å². The van der Waals surface area contributed by atoms with Crippen molar-refractivity contribution in [1.82, 2.24) is 0 Å². The van der Waals surface area contributed by atoms with Crippen molar-refractivity contribution in [3.8, 4) is 0 Å². The Morgan fingerprint density at radius 1 is 1.14 bits per heavy atom. The normalized spacial score (nSPS) is 16.6. The molecule has 116 valence electrons. The number of hydrogen-bond donors (Lipinski definition) is 0. The third-order valence-corrected chi connectivity index (χ3v) is 2.88. The maximum atomic E-state index is 11.8. The van der Waals surface area contributed by atoms with Crippen LogP contribution in [0.2, 0.25) is 0 Å². The zero-order valence-electron chi connectivity index (χ0n) is 14.2. The molecular formula is C17H24LiNO3. The number of carbonyl (C=O) groups is 2. The van der Waals surface area contributed by atoms with Gasteiger partial charge >= 0.3 is 24.8 Å². The maximum absolute atomic E-state index is 11.8. The van der Waals surface area contributed by atoms with Crippen LogP contribution in [0.5, 0.6) is 0 Å². The molecule has 0 amide bonds. The molecule has 0 spiro atoms. The Kier molecular flexibility index (Phi) is 10.1. The number of nitrogens with zero attached hydrogens (tertiary/aromatic N) is 1. The number of carbonyl (C=O) groups excluding carboxylic acids is 2. The minimum atomic E-state index is -0.287. The molecule has 1 unspecified atom stereocenters. The molecule has 1 atom stereocenters. The minimum Gasteiger partial charge on any atom is -0.658 e. The fourth-order valence-corrected chi connectivity index (χ4v) is 2.12. The SMILES string of the molecule is CC(C)[N-]C(C)C.O=C1CC(C(=O)c2ccccc2)CO1.[Li+]. The number of hydrogen-bond acceptors (Lipinski definition) is 3. The van der Waals surface area contributed by atoms with Crippen molar-refractivity contribution in [2.24, 2.45) is 5.92 Å². The molecule has 1 aromatic carbocycles. The molecule has 1 saturated heterocycles. The van der Waals surface area contributed by atoms with Crippen LogP contribution >= 0.6 is 0 Å². The van der Waals surface area contributed by atoms with E-state index in [4.69, 9.17) is 4.74 Å². The Hall–Kier alpha value is -1.08. The molecule has 1 aliphatic heterocycles. The third kappa shape index (κ3) is 7.79. The van der Waals surface area contributed by atoms with E-state index >= 15 is 0 Å². The van der Waals surface area contributed by atoms with Crippen LogP contribution in [0.4, 0.5) is 0 Å². The summed E-state index contributed by atoms with van der Waals surface area (Å²) in [5.41, 5.74) is 0.649. The molecule has 1 aliphatic rings. The standard InChI is InChI=1S/C11H10O3.C6H14N.Li/c12-10-6-9(7-14-10)11(13)8-4-2-1-3-5-8;1-5(2)7-6(3)4;/h1-5,9H,6-7H2;5-6H,1-4H3;/q;-1;+1. The van der Waals surface area contributed by atoms with E-state index in [0.29, 0.717) is 17.6 Å². The summed E-state index contributed by atoms with van der Waals surface area (Å²) in [5.74, 6) is -0.569. The predicted octanol–water partition coefficient (Wildman–Crippen LogP) is 0.613. The zero-order valence-corrected chi connectivity index (χ0v) is 14.2. The average molecular weight is 297 g/mol. The fraction of sp³-hybridized carbons (Fsp3) is 0.529. The van der Waals surface area contributed by atoms with Crippen molar-refractivity contribution in [3.63, 3.8) is 0 Å². The molecule has 1 heterocycles.